The zero-order chi connectivity index (χ0) is 23.8. The Morgan fingerprint density at radius 1 is 0.853 bits per heavy atom. The Morgan fingerprint density at radius 2 is 1.65 bits per heavy atom. The number of rotatable bonds is 5. The summed E-state index contributed by atoms with van der Waals surface area (Å²) in [4.78, 5) is 4.59. The number of aromatic nitrogens is 4. The molecule has 170 valence electrons. The van der Waals surface area contributed by atoms with Gasteiger partial charge in [-0.2, -0.15) is 0 Å². The van der Waals surface area contributed by atoms with Gasteiger partial charge < -0.3 is 4.74 Å². The summed E-state index contributed by atoms with van der Waals surface area (Å²) in [6, 6.07) is 19.6. The van der Waals surface area contributed by atoms with E-state index in [9.17, 15) is 0 Å². The number of hydrogen-bond acceptors (Lipinski definition) is 4. The third kappa shape index (κ3) is 4.25. The molecule has 0 saturated heterocycles. The monoisotopic (exact) mass is 488 g/mol. The van der Waals surface area contributed by atoms with Crippen molar-refractivity contribution in [2.45, 2.75) is 20.3 Å². The number of halogens is 2. The van der Waals surface area contributed by atoms with Gasteiger partial charge in [0.2, 0.25) is 0 Å². The van der Waals surface area contributed by atoms with E-state index in [2.05, 4.69) is 27.4 Å². The Morgan fingerprint density at radius 3 is 2.35 bits per heavy atom. The summed E-state index contributed by atoms with van der Waals surface area (Å²) in [6.45, 7) is 4.01. The molecule has 5 aromatic rings. The topological polar surface area (TPSA) is 52.3 Å². The Labute approximate surface area is 208 Å². The van der Waals surface area contributed by atoms with Crippen molar-refractivity contribution in [1.29, 1.82) is 0 Å². The summed E-state index contributed by atoms with van der Waals surface area (Å²) in [7, 11) is 1.63. The third-order valence-corrected chi connectivity index (χ3v) is 6.48. The van der Waals surface area contributed by atoms with Gasteiger partial charge in [-0.3, -0.25) is 9.38 Å². The van der Waals surface area contributed by atoms with Gasteiger partial charge in [0.15, 0.2) is 5.65 Å². The normalized spacial score (nSPS) is 11.2. The fraction of sp³-hybridized carbons (Fsp3) is 0.148. The van der Waals surface area contributed by atoms with Crippen LogP contribution < -0.4 is 4.74 Å². The molecule has 0 spiro atoms. The Bertz CT molecular complexity index is 1510. The molecule has 0 aliphatic carbocycles. The van der Waals surface area contributed by atoms with E-state index in [0.29, 0.717) is 22.2 Å². The number of methoxy groups -OCH3 is 1. The molecule has 2 aromatic carbocycles. The molecule has 0 unspecified atom stereocenters. The molecule has 0 fully saturated rings. The van der Waals surface area contributed by atoms with Crippen LogP contribution in [0.4, 0.5) is 0 Å². The third-order valence-electron chi connectivity index (χ3n) is 5.92. The van der Waals surface area contributed by atoms with Gasteiger partial charge in [-0.25, -0.2) is 0 Å². The molecule has 0 atom stereocenters. The summed E-state index contributed by atoms with van der Waals surface area (Å²) in [6.07, 6.45) is 2.68. The van der Waals surface area contributed by atoms with Crippen LogP contribution in [0.25, 0.3) is 27.9 Å². The van der Waals surface area contributed by atoms with Gasteiger partial charge in [-0.1, -0.05) is 41.4 Å². The molecule has 3 aromatic heterocycles. The largest absolute Gasteiger partial charge is 0.497 e. The van der Waals surface area contributed by atoms with Crippen LogP contribution in [0, 0.1) is 13.8 Å². The van der Waals surface area contributed by atoms with Crippen LogP contribution in [0.2, 0.25) is 10.0 Å². The number of nitrogens with zero attached hydrogens (tertiary/aromatic N) is 4. The van der Waals surface area contributed by atoms with Crippen molar-refractivity contribution in [2.75, 3.05) is 7.11 Å². The molecule has 3 heterocycles. The van der Waals surface area contributed by atoms with E-state index in [1.165, 1.54) is 0 Å². The zero-order valence-corrected chi connectivity index (χ0v) is 20.5. The van der Waals surface area contributed by atoms with E-state index in [-0.39, 0.29) is 0 Å². The second-order valence-corrected chi connectivity index (χ2v) is 9.02. The van der Waals surface area contributed by atoms with E-state index < -0.39 is 0 Å². The molecular formula is C27H22Cl2N4O. The summed E-state index contributed by atoms with van der Waals surface area (Å²) in [5, 5.41) is 10.2. The van der Waals surface area contributed by atoms with Gasteiger partial charge in [0.05, 0.1) is 12.1 Å². The van der Waals surface area contributed by atoms with Gasteiger partial charge in [0, 0.05) is 40.2 Å². The second kappa shape index (κ2) is 9.09. The minimum absolute atomic E-state index is 0.599. The first kappa shape index (κ1) is 22.4. The van der Waals surface area contributed by atoms with Crippen LogP contribution in [-0.2, 0) is 6.42 Å². The quantitative estimate of drug-likeness (QED) is 0.267. The maximum atomic E-state index is 6.71. The Hall–Kier alpha value is -3.41. The standard InChI is InChI=1S/C27H22Cl2N4O/c1-16-4-5-19(17(2)30-16)12-26-31-32-27-14-23(18-6-8-20(28)9-7-18)24(15-33(26)27)22-11-10-21(34-3)13-25(22)29/h4-11,13-15H,12H2,1-3H3. The summed E-state index contributed by atoms with van der Waals surface area (Å²) < 4.78 is 7.37. The summed E-state index contributed by atoms with van der Waals surface area (Å²) in [5.74, 6) is 1.53. The van der Waals surface area contributed by atoms with Crippen molar-refractivity contribution in [2.24, 2.45) is 0 Å². The molecular weight excluding hydrogens is 467 g/mol. The number of ether oxygens (including phenoxy) is 1. The van der Waals surface area contributed by atoms with Gasteiger partial charge in [-0.15, -0.1) is 10.2 Å². The highest BCUT2D eigenvalue weighted by molar-refractivity contribution is 6.33. The molecule has 0 amide bonds. The van der Waals surface area contributed by atoms with Crippen LogP contribution in [0.15, 0.2) is 66.9 Å². The first-order chi connectivity index (χ1) is 16.4. The lowest BCUT2D eigenvalue weighted by Crippen LogP contribution is -2.01. The molecule has 0 saturated carbocycles. The average Bonchev–Trinajstić information content (AvgIpc) is 3.22. The van der Waals surface area contributed by atoms with E-state index in [1.807, 2.05) is 72.8 Å². The minimum atomic E-state index is 0.599. The molecule has 0 N–H and O–H groups in total. The van der Waals surface area contributed by atoms with Crippen molar-refractivity contribution in [3.8, 4) is 28.0 Å². The van der Waals surface area contributed by atoms with Crippen LogP contribution in [-0.4, -0.2) is 26.7 Å². The lowest BCUT2D eigenvalue weighted by Gasteiger charge is -2.14. The van der Waals surface area contributed by atoms with Crippen molar-refractivity contribution >= 4 is 28.8 Å². The van der Waals surface area contributed by atoms with Gasteiger partial charge >= 0.3 is 0 Å². The predicted molar refractivity (Wildman–Crippen MR) is 137 cm³/mol. The highest BCUT2D eigenvalue weighted by Gasteiger charge is 2.17. The van der Waals surface area contributed by atoms with Crippen LogP contribution >= 0.6 is 23.2 Å². The predicted octanol–water partition coefficient (Wildman–Crippen LogP) is 6.98. The molecule has 7 heteroatoms. The van der Waals surface area contributed by atoms with E-state index >= 15 is 0 Å². The Balaban J connectivity index is 1.70. The number of pyridine rings is 2. The van der Waals surface area contributed by atoms with Crippen LogP contribution in [0.1, 0.15) is 22.8 Å². The maximum absolute atomic E-state index is 6.71. The molecule has 0 aliphatic rings. The molecule has 0 radical (unpaired) electrons. The molecule has 34 heavy (non-hydrogen) atoms. The van der Waals surface area contributed by atoms with E-state index in [0.717, 1.165) is 50.7 Å². The van der Waals surface area contributed by atoms with Crippen molar-refractivity contribution in [3.63, 3.8) is 0 Å². The van der Waals surface area contributed by atoms with Crippen molar-refractivity contribution in [1.82, 2.24) is 19.6 Å². The van der Waals surface area contributed by atoms with E-state index in [1.54, 1.807) is 7.11 Å². The molecule has 5 nitrogen and oxygen atoms in total. The zero-order valence-electron chi connectivity index (χ0n) is 19.0. The highest BCUT2D eigenvalue weighted by Crippen LogP contribution is 2.38. The Kier molecular flexibility index (Phi) is 5.98. The number of benzene rings is 2. The van der Waals surface area contributed by atoms with Crippen molar-refractivity contribution in [3.05, 3.63) is 99.7 Å². The smallest absolute Gasteiger partial charge is 0.161 e. The molecule has 0 aliphatic heterocycles. The lowest BCUT2D eigenvalue weighted by molar-refractivity contribution is 0.415. The first-order valence-electron chi connectivity index (χ1n) is 10.8. The van der Waals surface area contributed by atoms with Crippen LogP contribution in [0.3, 0.4) is 0 Å². The van der Waals surface area contributed by atoms with Gasteiger partial charge in [0.1, 0.15) is 11.6 Å². The summed E-state index contributed by atoms with van der Waals surface area (Å²) in [5.41, 5.74) is 7.71. The summed E-state index contributed by atoms with van der Waals surface area (Å²) >= 11 is 12.9. The maximum Gasteiger partial charge on any atom is 0.161 e. The van der Waals surface area contributed by atoms with Gasteiger partial charge in [0.25, 0.3) is 0 Å². The number of hydrogen-bond donors (Lipinski definition) is 0. The SMILES string of the molecule is COc1ccc(-c2cn3c(Cc4ccc(C)nc4C)nnc3cc2-c2ccc(Cl)cc2)c(Cl)c1. The fourth-order valence-corrected chi connectivity index (χ4v) is 4.50. The number of fused-ring (bicyclic) bond motifs is 1. The lowest BCUT2D eigenvalue weighted by atomic mass is 9.96. The number of aryl methyl sites for hydroxylation is 2. The molecule has 0 bridgehead atoms. The fourth-order valence-electron chi connectivity index (χ4n) is 4.10. The highest BCUT2D eigenvalue weighted by atomic mass is 35.5. The van der Waals surface area contributed by atoms with Gasteiger partial charge in [-0.05, 0) is 73.0 Å². The minimum Gasteiger partial charge on any atom is -0.497 e. The van der Waals surface area contributed by atoms with Crippen LogP contribution in [0.5, 0.6) is 5.75 Å². The average molecular weight is 489 g/mol. The van der Waals surface area contributed by atoms with Crippen molar-refractivity contribution < 1.29 is 4.74 Å². The van der Waals surface area contributed by atoms with E-state index in [4.69, 9.17) is 27.9 Å². The second-order valence-electron chi connectivity index (χ2n) is 8.17. The molecule has 5 rings (SSSR count). The first-order valence-corrected chi connectivity index (χ1v) is 11.6.